The van der Waals surface area contributed by atoms with Crippen molar-refractivity contribution in [1.82, 2.24) is 15.1 Å². The summed E-state index contributed by atoms with van der Waals surface area (Å²) in [4.78, 5) is 24.9. The molecule has 9 heteroatoms. The quantitative estimate of drug-likeness (QED) is 0.326. The molecule has 2 heterocycles. The number of hydrogen-bond donors (Lipinski definition) is 0. The van der Waals surface area contributed by atoms with Crippen LogP contribution in [0.2, 0.25) is 0 Å². The average molecular weight is 371 g/mol. The van der Waals surface area contributed by atoms with Crippen LogP contribution in [0.25, 0.3) is 0 Å². The molecule has 7 nitrogen and oxygen atoms in total. The van der Waals surface area contributed by atoms with Crippen LogP contribution >= 0.6 is 23.5 Å². The third-order valence-electron chi connectivity index (χ3n) is 3.15. The predicted molar refractivity (Wildman–Crippen MR) is 92.6 cm³/mol. The van der Waals surface area contributed by atoms with Crippen LogP contribution in [0.15, 0.2) is 20.7 Å². The molecule has 0 saturated carbocycles. The molecule has 2 rings (SSSR count). The first-order chi connectivity index (χ1) is 11.3. The smallest absolute Gasteiger partial charge is 0.333 e. The minimum atomic E-state index is -0.452. The largest absolute Gasteiger partial charge is 0.466 e. The number of nitrogens with zero attached hydrogens (tertiary/aromatic N) is 3. The maximum absolute atomic E-state index is 11.9. The van der Waals surface area contributed by atoms with Gasteiger partial charge in [-0.3, -0.25) is 4.79 Å². The minimum absolute atomic E-state index is 0.00737. The van der Waals surface area contributed by atoms with E-state index in [1.165, 1.54) is 36.7 Å². The Hall–Kier alpha value is -1.48. The SMILES string of the molecule is COC(=O)/C=C1/SCC(=O)N1CCCSc1nnc(C(C)(C)C)o1. The lowest BCUT2D eigenvalue weighted by molar-refractivity contribution is -0.134. The monoisotopic (exact) mass is 371 g/mol. The number of carbonyl (C=O) groups excluding carboxylic acids is 2. The molecular weight excluding hydrogens is 350 g/mol. The van der Waals surface area contributed by atoms with Crippen LogP contribution in [-0.4, -0.2) is 52.1 Å². The van der Waals surface area contributed by atoms with Gasteiger partial charge in [-0.15, -0.1) is 10.2 Å². The van der Waals surface area contributed by atoms with Crippen molar-refractivity contribution in [3.8, 4) is 0 Å². The molecule has 132 valence electrons. The van der Waals surface area contributed by atoms with E-state index in [1.807, 2.05) is 20.8 Å². The Morgan fingerprint density at radius 2 is 2.21 bits per heavy atom. The molecule has 1 aromatic heterocycles. The van der Waals surface area contributed by atoms with E-state index in [-0.39, 0.29) is 11.3 Å². The Morgan fingerprint density at radius 3 is 2.83 bits per heavy atom. The summed E-state index contributed by atoms with van der Waals surface area (Å²) >= 11 is 2.82. The molecule has 1 saturated heterocycles. The number of aromatic nitrogens is 2. The normalized spacial score (nSPS) is 16.9. The number of rotatable bonds is 6. The Morgan fingerprint density at radius 1 is 1.46 bits per heavy atom. The van der Waals surface area contributed by atoms with E-state index in [0.717, 1.165) is 12.2 Å². The zero-order valence-electron chi connectivity index (χ0n) is 14.2. The van der Waals surface area contributed by atoms with Crippen LogP contribution < -0.4 is 0 Å². The van der Waals surface area contributed by atoms with E-state index in [9.17, 15) is 9.59 Å². The molecule has 0 aliphatic carbocycles. The molecule has 0 N–H and O–H groups in total. The molecule has 1 fully saturated rings. The van der Waals surface area contributed by atoms with Crippen LogP contribution in [0.5, 0.6) is 0 Å². The number of thioether (sulfide) groups is 2. The molecule has 0 bridgehead atoms. The van der Waals surface area contributed by atoms with Crippen LogP contribution in [0.3, 0.4) is 0 Å². The van der Waals surface area contributed by atoms with Gasteiger partial charge >= 0.3 is 5.97 Å². The van der Waals surface area contributed by atoms with Crippen molar-refractivity contribution in [2.75, 3.05) is 25.2 Å². The first-order valence-electron chi connectivity index (χ1n) is 7.51. The van der Waals surface area contributed by atoms with E-state index in [1.54, 1.807) is 4.90 Å². The molecule has 1 aliphatic rings. The second-order valence-electron chi connectivity index (χ2n) is 6.16. The van der Waals surface area contributed by atoms with Gasteiger partial charge in [-0.25, -0.2) is 4.79 Å². The van der Waals surface area contributed by atoms with Crippen LogP contribution in [0.1, 0.15) is 33.1 Å². The van der Waals surface area contributed by atoms with E-state index < -0.39 is 5.97 Å². The maximum Gasteiger partial charge on any atom is 0.333 e. The number of ether oxygens (including phenoxy) is 1. The highest BCUT2D eigenvalue weighted by molar-refractivity contribution is 8.04. The van der Waals surface area contributed by atoms with Crippen molar-refractivity contribution in [2.45, 2.75) is 37.8 Å². The van der Waals surface area contributed by atoms with Gasteiger partial charge in [0.2, 0.25) is 11.8 Å². The fourth-order valence-corrected chi connectivity index (χ4v) is 3.52. The van der Waals surface area contributed by atoms with E-state index in [4.69, 9.17) is 4.42 Å². The fraction of sp³-hybridized carbons (Fsp3) is 0.600. The number of esters is 1. The van der Waals surface area contributed by atoms with Gasteiger partial charge in [0.25, 0.3) is 5.22 Å². The van der Waals surface area contributed by atoms with Crippen molar-refractivity contribution in [3.63, 3.8) is 0 Å². The molecule has 0 spiro atoms. The minimum Gasteiger partial charge on any atom is -0.466 e. The Kier molecular flexibility index (Phi) is 6.34. The van der Waals surface area contributed by atoms with Gasteiger partial charge < -0.3 is 14.1 Å². The predicted octanol–water partition coefficient (Wildman–Crippen LogP) is 2.44. The topological polar surface area (TPSA) is 85.5 Å². The molecular formula is C15H21N3O4S2. The summed E-state index contributed by atoms with van der Waals surface area (Å²) in [5.41, 5.74) is -0.168. The molecule has 1 aliphatic heterocycles. The van der Waals surface area contributed by atoms with Crippen LogP contribution in [-0.2, 0) is 19.7 Å². The van der Waals surface area contributed by atoms with Gasteiger partial charge in [-0.2, -0.15) is 0 Å². The Bertz CT molecular complexity index is 637. The van der Waals surface area contributed by atoms with Crippen molar-refractivity contribution >= 4 is 35.4 Å². The number of amides is 1. The van der Waals surface area contributed by atoms with Gasteiger partial charge in [0.05, 0.1) is 24.0 Å². The summed E-state index contributed by atoms with van der Waals surface area (Å²) in [7, 11) is 1.32. The van der Waals surface area contributed by atoms with Gasteiger partial charge in [0, 0.05) is 17.7 Å². The molecule has 0 aromatic carbocycles. The van der Waals surface area contributed by atoms with Gasteiger partial charge in [0.1, 0.15) is 0 Å². The first kappa shape index (κ1) is 18.9. The number of carbonyl (C=O) groups is 2. The molecule has 24 heavy (non-hydrogen) atoms. The average Bonchev–Trinajstić information content (AvgIpc) is 3.12. The Labute approximate surface area is 149 Å². The van der Waals surface area contributed by atoms with Crippen molar-refractivity contribution < 1.29 is 18.7 Å². The van der Waals surface area contributed by atoms with Crippen molar-refractivity contribution in [2.24, 2.45) is 0 Å². The summed E-state index contributed by atoms with van der Waals surface area (Å²) in [6, 6.07) is 0. The standard InChI is InChI=1S/C15H21N3O4S2/c1-15(2,3)13-16-17-14(22-13)23-7-5-6-18-10(19)9-24-11(18)8-12(20)21-4/h8H,5-7,9H2,1-4H3/b11-8+. The molecule has 0 unspecified atom stereocenters. The second kappa shape index (κ2) is 8.06. The van der Waals surface area contributed by atoms with Gasteiger partial charge in [-0.05, 0) is 6.42 Å². The zero-order valence-corrected chi connectivity index (χ0v) is 15.8. The van der Waals surface area contributed by atoms with E-state index in [2.05, 4.69) is 14.9 Å². The summed E-state index contributed by atoms with van der Waals surface area (Å²) in [6.45, 7) is 6.59. The summed E-state index contributed by atoms with van der Waals surface area (Å²) in [5, 5.41) is 9.24. The van der Waals surface area contributed by atoms with Crippen LogP contribution in [0.4, 0.5) is 0 Å². The number of hydrogen-bond acceptors (Lipinski definition) is 8. The summed E-state index contributed by atoms with van der Waals surface area (Å²) < 4.78 is 10.2. The highest BCUT2D eigenvalue weighted by atomic mass is 32.2. The zero-order chi connectivity index (χ0) is 17.7. The third-order valence-corrected chi connectivity index (χ3v) is 5.08. The second-order valence-corrected chi connectivity index (χ2v) is 8.21. The Balaban J connectivity index is 1.82. The molecule has 0 atom stereocenters. The summed E-state index contributed by atoms with van der Waals surface area (Å²) in [5.74, 6) is 1.26. The summed E-state index contributed by atoms with van der Waals surface area (Å²) in [6.07, 6.45) is 2.11. The highest BCUT2D eigenvalue weighted by Gasteiger charge is 2.27. The van der Waals surface area contributed by atoms with Gasteiger partial charge in [-0.1, -0.05) is 44.3 Å². The third kappa shape index (κ3) is 5.01. The fourth-order valence-electron chi connectivity index (χ4n) is 1.88. The van der Waals surface area contributed by atoms with Crippen molar-refractivity contribution in [1.29, 1.82) is 0 Å². The lowest BCUT2D eigenvalue weighted by Crippen LogP contribution is -2.26. The number of methoxy groups -OCH3 is 1. The van der Waals surface area contributed by atoms with E-state index >= 15 is 0 Å². The first-order valence-corrected chi connectivity index (χ1v) is 9.48. The highest BCUT2D eigenvalue weighted by Crippen LogP contribution is 2.30. The van der Waals surface area contributed by atoms with Crippen molar-refractivity contribution in [3.05, 3.63) is 17.0 Å². The van der Waals surface area contributed by atoms with Gasteiger partial charge in [0.15, 0.2) is 0 Å². The lowest BCUT2D eigenvalue weighted by atomic mass is 9.97. The maximum atomic E-state index is 11.9. The molecule has 1 aromatic rings. The molecule has 1 amide bonds. The lowest BCUT2D eigenvalue weighted by Gasteiger charge is -2.16. The molecule has 0 radical (unpaired) electrons. The van der Waals surface area contributed by atoms with Crippen LogP contribution in [0, 0.1) is 0 Å². The van der Waals surface area contributed by atoms with E-state index in [0.29, 0.717) is 28.4 Å².